The normalized spacial score (nSPS) is 17.6. The largest absolute Gasteiger partial charge is 0.386 e. The van der Waals surface area contributed by atoms with Crippen LogP contribution in [0.2, 0.25) is 0 Å². The summed E-state index contributed by atoms with van der Waals surface area (Å²) in [5.41, 5.74) is -0.637. The van der Waals surface area contributed by atoms with E-state index in [1.165, 1.54) is 18.0 Å². The molecular weight excluding hydrogens is 281 g/mol. The third kappa shape index (κ3) is 2.94. The van der Waals surface area contributed by atoms with Crippen molar-refractivity contribution in [3.63, 3.8) is 0 Å². The van der Waals surface area contributed by atoms with Crippen LogP contribution in [0.15, 0.2) is 12.1 Å². The molecule has 1 heterocycles. The Labute approximate surface area is 120 Å². The van der Waals surface area contributed by atoms with Crippen molar-refractivity contribution in [2.75, 3.05) is 32.6 Å². The van der Waals surface area contributed by atoms with Gasteiger partial charge in [-0.25, -0.2) is 4.39 Å². The summed E-state index contributed by atoms with van der Waals surface area (Å²) < 4.78 is 18.9. The summed E-state index contributed by atoms with van der Waals surface area (Å²) in [6.07, 6.45) is 0.677. The van der Waals surface area contributed by atoms with Gasteiger partial charge in [0, 0.05) is 20.7 Å². The van der Waals surface area contributed by atoms with Crippen LogP contribution in [-0.4, -0.2) is 49.1 Å². The molecule has 1 aliphatic heterocycles. The average molecular weight is 297 g/mol. The number of likely N-dealkylation sites (N-methyl/N-ethyl adjacent to an activating group) is 1. The Morgan fingerprint density at radius 2 is 2.29 bits per heavy atom. The van der Waals surface area contributed by atoms with Crippen molar-refractivity contribution < 1.29 is 18.8 Å². The Hall–Kier alpha value is -2.22. The minimum Gasteiger partial charge on any atom is -0.386 e. The maximum Gasteiger partial charge on any atom is 0.285 e. The number of anilines is 1. The average Bonchev–Trinajstić information content (AvgIpc) is 2.99. The number of hydrogen-bond acceptors (Lipinski definition) is 5. The van der Waals surface area contributed by atoms with Gasteiger partial charge in [0.15, 0.2) is 5.82 Å². The molecule has 0 aromatic heterocycles. The Morgan fingerprint density at radius 1 is 1.57 bits per heavy atom. The Kier molecular flexibility index (Phi) is 4.37. The van der Waals surface area contributed by atoms with Gasteiger partial charge >= 0.3 is 0 Å². The number of hydrogen-bond donors (Lipinski definition) is 1. The van der Waals surface area contributed by atoms with Gasteiger partial charge in [0.25, 0.3) is 11.6 Å². The van der Waals surface area contributed by atoms with Crippen molar-refractivity contribution in [2.45, 2.75) is 12.5 Å². The molecule has 21 heavy (non-hydrogen) atoms. The molecule has 1 N–H and O–H groups in total. The number of nitro benzene ring substituents is 1. The minimum atomic E-state index is -0.771. The van der Waals surface area contributed by atoms with Crippen LogP contribution < -0.4 is 5.32 Å². The third-order valence-corrected chi connectivity index (χ3v) is 3.56. The van der Waals surface area contributed by atoms with E-state index in [0.717, 1.165) is 6.07 Å². The number of carbonyl (C=O) groups excluding carboxylic acids is 1. The lowest BCUT2D eigenvalue weighted by atomic mass is 10.1. The highest BCUT2D eigenvalue weighted by atomic mass is 19.1. The number of nitrogens with one attached hydrogen (secondary N) is 1. The van der Waals surface area contributed by atoms with Crippen LogP contribution in [-0.2, 0) is 4.74 Å². The second-order valence-electron chi connectivity index (χ2n) is 4.79. The number of ether oxygens (including phenoxy) is 1. The Morgan fingerprint density at radius 3 is 2.81 bits per heavy atom. The van der Waals surface area contributed by atoms with Crippen LogP contribution in [0.4, 0.5) is 15.8 Å². The van der Waals surface area contributed by atoms with Crippen LogP contribution in [0, 0.1) is 15.9 Å². The van der Waals surface area contributed by atoms with Gasteiger partial charge in [-0.15, -0.1) is 0 Å². The summed E-state index contributed by atoms with van der Waals surface area (Å²) >= 11 is 0. The van der Waals surface area contributed by atoms with E-state index in [2.05, 4.69) is 5.32 Å². The smallest absolute Gasteiger partial charge is 0.285 e. The number of amides is 1. The number of rotatable bonds is 4. The zero-order valence-corrected chi connectivity index (χ0v) is 11.8. The number of halogens is 1. The number of benzene rings is 1. The van der Waals surface area contributed by atoms with E-state index < -0.39 is 22.3 Å². The molecule has 0 radical (unpaired) electrons. The fourth-order valence-corrected chi connectivity index (χ4v) is 2.26. The lowest BCUT2D eigenvalue weighted by molar-refractivity contribution is -0.385. The van der Waals surface area contributed by atoms with Crippen LogP contribution >= 0.6 is 0 Å². The highest BCUT2D eigenvalue weighted by Gasteiger charge is 2.30. The van der Waals surface area contributed by atoms with E-state index in [-0.39, 0.29) is 17.3 Å². The highest BCUT2D eigenvalue weighted by molar-refractivity contribution is 5.99. The molecule has 114 valence electrons. The Balaban J connectivity index is 2.40. The van der Waals surface area contributed by atoms with Gasteiger partial charge < -0.3 is 15.0 Å². The molecule has 1 unspecified atom stereocenters. The van der Waals surface area contributed by atoms with Gasteiger partial charge in [0.2, 0.25) is 0 Å². The predicted molar refractivity (Wildman–Crippen MR) is 73.9 cm³/mol. The fourth-order valence-electron chi connectivity index (χ4n) is 2.26. The van der Waals surface area contributed by atoms with Gasteiger partial charge in [0.05, 0.1) is 29.3 Å². The van der Waals surface area contributed by atoms with E-state index in [4.69, 9.17) is 4.74 Å². The van der Waals surface area contributed by atoms with E-state index in [1.54, 1.807) is 7.05 Å². The van der Waals surface area contributed by atoms with Gasteiger partial charge in [-0.2, -0.15) is 0 Å². The molecule has 1 aliphatic rings. The van der Waals surface area contributed by atoms with Gasteiger partial charge in [-0.05, 0) is 12.5 Å². The predicted octanol–water partition coefficient (Wildman–Crippen LogP) is 1.64. The number of nitro groups is 1. The monoisotopic (exact) mass is 297 g/mol. The van der Waals surface area contributed by atoms with Crippen molar-refractivity contribution in [1.82, 2.24) is 4.90 Å². The topological polar surface area (TPSA) is 84.7 Å². The first-order valence-electron chi connectivity index (χ1n) is 6.46. The van der Waals surface area contributed by atoms with Crippen LogP contribution in [0.25, 0.3) is 0 Å². The molecule has 1 aromatic carbocycles. The summed E-state index contributed by atoms with van der Waals surface area (Å²) in [6, 6.07) is 1.81. The van der Waals surface area contributed by atoms with Crippen LogP contribution in [0.5, 0.6) is 0 Å². The summed E-state index contributed by atoms with van der Waals surface area (Å²) in [5.74, 6) is -1.29. The SMILES string of the molecule is CNc1cc(C(=O)N(C)C2CCOC2)c([N+](=O)[O-])cc1F. The molecule has 2 rings (SSSR count). The maximum absolute atomic E-state index is 13.6. The first-order valence-corrected chi connectivity index (χ1v) is 6.46. The van der Waals surface area contributed by atoms with Crippen LogP contribution in [0.1, 0.15) is 16.8 Å². The van der Waals surface area contributed by atoms with Gasteiger partial charge in [0.1, 0.15) is 5.56 Å². The summed E-state index contributed by atoms with van der Waals surface area (Å²) in [7, 11) is 3.04. The summed E-state index contributed by atoms with van der Waals surface area (Å²) in [4.78, 5) is 24.2. The molecule has 1 saturated heterocycles. The zero-order chi connectivity index (χ0) is 15.6. The molecule has 0 aliphatic carbocycles. The maximum atomic E-state index is 13.6. The fraction of sp³-hybridized carbons (Fsp3) is 0.462. The molecule has 7 nitrogen and oxygen atoms in total. The van der Waals surface area contributed by atoms with E-state index in [0.29, 0.717) is 19.6 Å². The van der Waals surface area contributed by atoms with Crippen molar-refractivity contribution in [3.8, 4) is 0 Å². The van der Waals surface area contributed by atoms with E-state index in [9.17, 15) is 19.3 Å². The summed E-state index contributed by atoms with van der Waals surface area (Å²) in [6.45, 7) is 0.950. The van der Waals surface area contributed by atoms with E-state index in [1.807, 2.05) is 0 Å². The molecule has 0 spiro atoms. The molecule has 1 atom stereocenters. The van der Waals surface area contributed by atoms with Crippen molar-refractivity contribution in [2.24, 2.45) is 0 Å². The molecule has 8 heteroatoms. The summed E-state index contributed by atoms with van der Waals surface area (Å²) in [5, 5.41) is 13.6. The quantitative estimate of drug-likeness (QED) is 0.674. The molecule has 1 amide bonds. The first-order chi connectivity index (χ1) is 9.95. The second-order valence-corrected chi connectivity index (χ2v) is 4.79. The molecule has 1 fully saturated rings. The number of carbonyl (C=O) groups is 1. The van der Waals surface area contributed by atoms with Gasteiger partial charge in [-0.1, -0.05) is 0 Å². The molecule has 0 saturated carbocycles. The van der Waals surface area contributed by atoms with Crippen molar-refractivity contribution in [1.29, 1.82) is 0 Å². The van der Waals surface area contributed by atoms with Crippen molar-refractivity contribution >= 4 is 17.3 Å². The first kappa shape index (κ1) is 15.2. The lowest BCUT2D eigenvalue weighted by Crippen LogP contribution is -2.37. The highest BCUT2D eigenvalue weighted by Crippen LogP contribution is 2.28. The van der Waals surface area contributed by atoms with Crippen molar-refractivity contribution in [3.05, 3.63) is 33.6 Å². The van der Waals surface area contributed by atoms with E-state index >= 15 is 0 Å². The molecular formula is C13H16FN3O4. The minimum absolute atomic E-state index is 0.0417. The van der Waals surface area contributed by atoms with Gasteiger partial charge in [-0.3, -0.25) is 14.9 Å². The lowest BCUT2D eigenvalue weighted by Gasteiger charge is -2.23. The second kappa shape index (κ2) is 6.04. The standard InChI is InChI=1S/C13H16FN3O4/c1-15-11-5-9(12(17(19)20)6-10(11)14)13(18)16(2)8-3-4-21-7-8/h5-6,8,15H,3-4,7H2,1-2H3. The zero-order valence-electron chi connectivity index (χ0n) is 11.8. The number of nitrogens with zero attached hydrogens (tertiary/aromatic N) is 2. The molecule has 1 aromatic rings. The third-order valence-electron chi connectivity index (χ3n) is 3.56. The Bertz CT molecular complexity index is 573. The molecule has 0 bridgehead atoms. The van der Waals surface area contributed by atoms with Crippen LogP contribution in [0.3, 0.4) is 0 Å².